The fourth-order valence-electron chi connectivity index (χ4n) is 7.00. The van der Waals surface area contributed by atoms with Gasteiger partial charge in [-0.1, -0.05) is 23.7 Å². The van der Waals surface area contributed by atoms with Crippen molar-refractivity contribution in [1.29, 1.82) is 0 Å². The summed E-state index contributed by atoms with van der Waals surface area (Å²) in [5, 5.41) is 3.51. The van der Waals surface area contributed by atoms with Crippen molar-refractivity contribution in [2.24, 2.45) is 11.8 Å². The topological polar surface area (TPSA) is 95.1 Å². The van der Waals surface area contributed by atoms with Gasteiger partial charge in [-0.05, 0) is 89.1 Å². The maximum Gasteiger partial charge on any atom is 0.410 e. The maximum atomic E-state index is 13.9. The molecule has 2 saturated heterocycles. The van der Waals surface area contributed by atoms with E-state index < -0.39 is 24.3 Å². The van der Waals surface area contributed by atoms with Gasteiger partial charge in [0.25, 0.3) is 5.91 Å². The third kappa shape index (κ3) is 8.73. The van der Waals surface area contributed by atoms with Crippen LogP contribution >= 0.6 is 11.6 Å². The maximum absolute atomic E-state index is 13.9. The van der Waals surface area contributed by atoms with Gasteiger partial charge in [0.15, 0.2) is 0 Å². The van der Waals surface area contributed by atoms with Gasteiger partial charge in [0.1, 0.15) is 11.9 Å². The first-order chi connectivity index (χ1) is 22.6. The molecular weight excluding hydrogens is 647 g/mol. The van der Waals surface area contributed by atoms with Gasteiger partial charge in [-0.15, -0.1) is 0 Å². The quantitative estimate of drug-likeness (QED) is 0.364. The summed E-state index contributed by atoms with van der Waals surface area (Å²) in [6.07, 6.45) is -2.32. The number of hydrogen-bond donors (Lipinski definition) is 1. The molecule has 3 heterocycles. The second-order valence-corrected chi connectivity index (χ2v) is 14.8. The summed E-state index contributed by atoms with van der Waals surface area (Å²) in [6.45, 7) is 7.77. The summed E-state index contributed by atoms with van der Waals surface area (Å²) in [5.41, 5.74) is 1.07. The first-order valence-electron chi connectivity index (χ1n) is 16.7. The Hall–Kier alpha value is -3.54. The van der Waals surface area contributed by atoms with Gasteiger partial charge < -0.3 is 24.8 Å². The number of pyridine rings is 1. The van der Waals surface area contributed by atoms with Crippen LogP contribution in [0.1, 0.15) is 81.1 Å². The molecule has 2 aromatic rings. The number of hydrogen-bond acceptors (Lipinski definition) is 6. The van der Waals surface area contributed by atoms with Crippen LogP contribution in [0.5, 0.6) is 0 Å². The number of aromatic nitrogens is 1. The van der Waals surface area contributed by atoms with Gasteiger partial charge in [-0.3, -0.25) is 9.59 Å². The van der Waals surface area contributed by atoms with E-state index in [0.717, 1.165) is 11.4 Å². The highest BCUT2D eigenvalue weighted by atomic mass is 35.5. The lowest BCUT2D eigenvalue weighted by molar-refractivity contribution is -0.186. The molecule has 0 bridgehead atoms. The predicted octanol–water partition coefficient (Wildman–Crippen LogP) is 6.66. The Kier molecular flexibility index (Phi) is 10.8. The number of carbonyl (C=O) groups is 3. The molecule has 0 spiro atoms. The summed E-state index contributed by atoms with van der Waals surface area (Å²) in [5.74, 6) is -1.13. The van der Waals surface area contributed by atoms with Crippen molar-refractivity contribution in [2.45, 2.75) is 89.1 Å². The molecule has 5 rings (SSSR count). The standard InChI is InChI=1S/C35H45ClF3N5O4/c1-34(2,3)41-31(45)24-7-14-30(40-19-24)43-17-15-23(16-18-43)32(46)44-20-28(22-5-10-26(36)11-6-22)29(21-44)42(4)33(47)48-27-12-8-25(9-13-27)35(37,38)39/h5-7,10-11,14,19,23,25,27-29H,8-9,12-13,15-18,20-21H2,1-4H3,(H,41,45)/t25?,27?,28?,29-/m1/s1. The fraction of sp³-hybridized carbons (Fsp3) is 0.600. The third-order valence-corrected chi connectivity index (χ3v) is 10.0. The normalized spacial score (nSPS) is 23.9. The Bertz CT molecular complexity index is 1430. The van der Waals surface area contributed by atoms with E-state index in [9.17, 15) is 27.6 Å². The zero-order valence-electron chi connectivity index (χ0n) is 27.9. The van der Waals surface area contributed by atoms with Crippen LogP contribution in [0.4, 0.5) is 23.8 Å². The lowest BCUT2D eigenvalue weighted by Gasteiger charge is -2.34. The van der Waals surface area contributed by atoms with E-state index in [0.29, 0.717) is 49.6 Å². The summed E-state index contributed by atoms with van der Waals surface area (Å²) < 4.78 is 45.1. The molecule has 2 aliphatic heterocycles. The summed E-state index contributed by atoms with van der Waals surface area (Å²) >= 11 is 6.15. The Morgan fingerprint density at radius 1 is 0.938 bits per heavy atom. The van der Waals surface area contributed by atoms with Crippen molar-refractivity contribution in [2.75, 3.05) is 38.1 Å². The number of likely N-dealkylation sites (N-methyl/N-ethyl adjacent to an activating group) is 1. The molecule has 3 aliphatic rings. The molecule has 1 aromatic heterocycles. The van der Waals surface area contributed by atoms with Gasteiger partial charge in [0.05, 0.1) is 17.5 Å². The average molecular weight is 692 g/mol. The fourth-order valence-corrected chi connectivity index (χ4v) is 7.13. The van der Waals surface area contributed by atoms with Crippen molar-refractivity contribution in [1.82, 2.24) is 20.1 Å². The van der Waals surface area contributed by atoms with Gasteiger partial charge in [0, 0.05) is 61.8 Å². The molecule has 3 fully saturated rings. The number of rotatable bonds is 6. The van der Waals surface area contributed by atoms with Crippen LogP contribution < -0.4 is 10.2 Å². The minimum atomic E-state index is -4.23. The zero-order chi connectivity index (χ0) is 34.8. The van der Waals surface area contributed by atoms with Crippen LogP contribution in [0.3, 0.4) is 0 Å². The minimum absolute atomic E-state index is 0.0329. The molecule has 1 N–H and O–H groups in total. The van der Waals surface area contributed by atoms with Gasteiger partial charge in [0.2, 0.25) is 5.91 Å². The van der Waals surface area contributed by atoms with Gasteiger partial charge in [-0.2, -0.15) is 13.2 Å². The molecular formula is C35H45ClF3N5O4. The van der Waals surface area contributed by atoms with E-state index in [4.69, 9.17) is 16.3 Å². The lowest BCUT2D eigenvalue weighted by Crippen LogP contribution is -2.45. The third-order valence-electron chi connectivity index (χ3n) is 9.76. The molecule has 2 atom stereocenters. The monoisotopic (exact) mass is 691 g/mol. The molecule has 1 unspecified atom stereocenters. The van der Waals surface area contributed by atoms with E-state index in [-0.39, 0.29) is 60.9 Å². The van der Waals surface area contributed by atoms with Crippen LogP contribution in [0, 0.1) is 11.8 Å². The number of carbonyl (C=O) groups excluding carboxylic acids is 3. The van der Waals surface area contributed by atoms with E-state index in [2.05, 4.69) is 15.2 Å². The smallest absolute Gasteiger partial charge is 0.410 e. The molecule has 3 amide bonds. The highest BCUT2D eigenvalue weighted by Crippen LogP contribution is 2.39. The van der Waals surface area contributed by atoms with E-state index >= 15 is 0 Å². The number of amides is 3. The van der Waals surface area contributed by atoms with Crippen LogP contribution in [-0.2, 0) is 9.53 Å². The second kappa shape index (κ2) is 14.5. The molecule has 48 heavy (non-hydrogen) atoms. The molecule has 1 aromatic carbocycles. The largest absolute Gasteiger partial charge is 0.446 e. The second-order valence-electron chi connectivity index (χ2n) is 14.3. The highest BCUT2D eigenvalue weighted by Gasteiger charge is 2.44. The number of halogens is 4. The SMILES string of the molecule is CN(C(=O)OC1CCC(C(F)(F)F)CC1)[C@@H]1CN(C(=O)C2CCN(c3ccc(C(=O)NC(C)(C)C)cn3)CC2)CC1c1ccc(Cl)cc1. The number of piperidine rings is 1. The molecule has 9 nitrogen and oxygen atoms in total. The van der Waals surface area contributed by atoms with E-state index in [1.807, 2.05) is 43.9 Å². The van der Waals surface area contributed by atoms with Crippen molar-refractivity contribution < 1.29 is 32.3 Å². The van der Waals surface area contributed by atoms with Crippen LogP contribution in [0.2, 0.25) is 5.02 Å². The molecule has 13 heteroatoms. The van der Waals surface area contributed by atoms with Crippen molar-refractivity contribution in [3.8, 4) is 0 Å². The number of anilines is 1. The van der Waals surface area contributed by atoms with Crippen molar-refractivity contribution in [3.05, 3.63) is 58.7 Å². The Morgan fingerprint density at radius 2 is 1.58 bits per heavy atom. The van der Waals surface area contributed by atoms with Crippen molar-refractivity contribution in [3.63, 3.8) is 0 Å². The Labute approximate surface area is 285 Å². The summed E-state index contributed by atoms with van der Waals surface area (Å²) in [4.78, 5) is 49.6. The van der Waals surface area contributed by atoms with Crippen LogP contribution in [0.15, 0.2) is 42.6 Å². The number of benzene rings is 1. The van der Waals surface area contributed by atoms with E-state index in [1.165, 1.54) is 4.90 Å². The number of alkyl halides is 3. The van der Waals surface area contributed by atoms with Crippen molar-refractivity contribution >= 4 is 35.3 Å². The number of nitrogens with one attached hydrogen (secondary N) is 1. The van der Waals surface area contributed by atoms with E-state index in [1.54, 1.807) is 31.4 Å². The molecule has 262 valence electrons. The minimum Gasteiger partial charge on any atom is -0.446 e. The number of ether oxygens (including phenoxy) is 1. The first-order valence-corrected chi connectivity index (χ1v) is 17.0. The lowest BCUT2D eigenvalue weighted by atomic mass is 9.87. The Morgan fingerprint density at radius 3 is 2.15 bits per heavy atom. The van der Waals surface area contributed by atoms with Gasteiger partial charge in [-0.25, -0.2) is 9.78 Å². The Balaban J connectivity index is 1.20. The summed E-state index contributed by atoms with van der Waals surface area (Å²) in [6, 6.07) is 10.6. The summed E-state index contributed by atoms with van der Waals surface area (Å²) in [7, 11) is 1.63. The zero-order valence-corrected chi connectivity index (χ0v) is 28.7. The molecule has 1 aliphatic carbocycles. The number of nitrogens with zero attached hydrogens (tertiary/aromatic N) is 4. The average Bonchev–Trinajstić information content (AvgIpc) is 3.49. The first kappa shape index (κ1) is 35.8. The van der Waals surface area contributed by atoms with Crippen LogP contribution in [0.25, 0.3) is 0 Å². The highest BCUT2D eigenvalue weighted by molar-refractivity contribution is 6.30. The van der Waals surface area contributed by atoms with Gasteiger partial charge >= 0.3 is 12.3 Å². The van der Waals surface area contributed by atoms with Crippen LogP contribution in [-0.4, -0.2) is 89.8 Å². The number of likely N-dealkylation sites (tertiary alicyclic amines) is 1. The molecule has 0 radical (unpaired) electrons. The molecule has 1 saturated carbocycles. The predicted molar refractivity (Wildman–Crippen MR) is 177 cm³/mol.